The number of nitrogens with zero attached hydrogens (tertiary/aromatic N) is 2. The van der Waals surface area contributed by atoms with Crippen molar-refractivity contribution in [1.29, 1.82) is 0 Å². The molecule has 0 saturated carbocycles. The van der Waals surface area contributed by atoms with Gasteiger partial charge in [0.2, 0.25) is 21.8 Å². The highest BCUT2D eigenvalue weighted by Gasteiger charge is 2.30. The molecule has 0 aliphatic carbocycles. The van der Waals surface area contributed by atoms with Gasteiger partial charge in [0.15, 0.2) is 0 Å². The summed E-state index contributed by atoms with van der Waals surface area (Å²) in [6, 6.07) is 22.6. The Labute approximate surface area is 252 Å². The van der Waals surface area contributed by atoms with Crippen LogP contribution in [0.3, 0.4) is 0 Å². The Balaban J connectivity index is 1.90. The van der Waals surface area contributed by atoms with E-state index in [-0.39, 0.29) is 31.3 Å². The lowest BCUT2D eigenvalue weighted by Gasteiger charge is -2.32. The first-order chi connectivity index (χ1) is 20.0. The number of amides is 2. The molecular weight excluding hydrogens is 546 g/mol. The number of aryl methyl sites for hydroxylation is 3. The van der Waals surface area contributed by atoms with E-state index in [1.54, 1.807) is 4.90 Å². The van der Waals surface area contributed by atoms with E-state index in [4.69, 9.17) is 0 Å². The number of unbranched alkanes of at least 4 members (excludes halogenated alkanes) is 1. The van der Waals surface area contributed by atoms with Gasteiger partial charge < -0.3 is 10.2 Å². The largest absolute Gasteiger partial charge is 0.354 e. The lowest BCUT2D eigenvalue weighted by atomic mass is 10.0. The van der Waals surface area contributed by atoms with Gasteiger partial charge in [0.05, 0.1) is 11.9 Å². The van der Waals surface area contributed by atoms with Gasteiger partial charge in [-0.25, -0.2) is 8.42 Å². The molecule has 0 aliphatic heterocycles. The minimum Gasteiger partial charge on any atom is -0.354 e. The smallest absolute Gasteiger partial charge is 0.243 e. The van der Waals surface area contributed by atoms with Gasteiger partial charge in [-0.3, -0.25) is 13.9 Å². The summed E-state index contributed by atoms with van der Waals surface area (Å²) in [6.07, 6.45) is 3.81. The van der Waals surface area contributed by atoms with Crippen LogP contribution in [-0.2, 0) is 32.6 Å². The second-order valence-electron chi connectivity index (χ2n) is 11.0. The van der Waals surface area contributed by atoms with E-state index in [0.29, 0.717) is 25.1 Å². The Morgan fingerprint density at radius 2 is 1.57 bits per heavy atom. The van der Waals surface area contributed by atoms with Crippen LogP contribution in [0.1, 0.15) is 60.4 Å². The lowest BCUT2D eigenvalue weighted by molar-refractivity contribution is -0.141. The van der Waals surface area contributed by atoms with Crippen molar-refractivity contribution in [2.24, 2.45) is 0 Å². The first-order valence-corrected chi connectivity index (χ1v) is 16.6. The molecule has 1 unspecified atom stereocenters. The molecule has 0 fully saturated rings. The summed E-state index contributed by atoms with van der Waals surface area (Å²) in [4.78, 5) is 29.3. The maximum absolute atomic E-state index is 14.0. The Kier molecular flexibility index (Phi) is 12.2. The summed E-state index contributed by atoms with van der Waals surface area (Å²) in [5.74, 6) is -0.360. The van der Waals surface area contributed by atoms with Crippen molar-refractivity contribution in [3.63, 3.8) is 0 Å². The Hall–Kier alpha value is -3.65. The van der Waals surface area contributed by atoms with E-state index in [0.717, 1.165) is 40.7 Å². The average molecular weight is 592 g/mol. The lowest BCUT2D eigenvalue weighted by Crippen LogP contribution is -2.50. The van der Waals surface area contributed by atoms with Crippen LogP contribution in [0.5, 0.6) is 0 Å². The average Bonchev–Trinajstić information content (AvgIpc) is 2.95. The van der Waals surface area contributed by atoms with Gasteiger partial charge in [0.25, 0.3) is 0 Å². The van der Waals surface area contributed by atoms with Gasteiger partial charge in [-0.05, 0) is 67.5 Å². The zero-order valence-electron chi connectivity index (χ0n) is 25.6. The third kappa shape index (κ3) is 9.44. The fourth-order valence-electron chi connectivity index (χ4n) is 5.00. The van der Waals surface area contributed by atoms with E-state index in [1.807, 2.05) is 93.6 Å². The second kappa shape index (κ2) is 15.5. The topological polar surface area (TPSA) is 86.8 Å². The van der Waals surface area contributed by atoms with Gasteiger partial charge in [-0.2, -0.15) is 0 Å². The number of nitrogens with one attached hydrogen (secondary N) is 1. The molecule has 1 N–H and O–H groups in total. The van der Waals surface area contributed by atoms with E-state index in [1.165, 1.54) is 10.6 Å². The summed E-state index contributed by atoms with van der Waals surface area (Å²) in [7, 11) is -3.57. The molecule has 0 aromatic heterocycles. The molecule has 3 aromatic carbocycles. The van der Waals surface area contributed by atoms with Gasteiger partial charge in [-0.1, -0.05) is 80.1 Å². The number of sulfonamides is 1. The molecule has 42 heavy (non-hydrogen) atoms. The first-order valence-electron chi connectivity index (χ1n) is 14.7. The first kappa shape index (κ1) is 32.9. The number of hydrogen-bond acceptors (Lipinski definition) is 4. The summed E-state index contributed by atoms with van der Waals surface area (Å²) in [6.45, 7) is 8.88. The second-order valence-corrected chi connectivity index (χ2v) is 12.9. The van der Waals surface area contributed by atoms with Crippen LogP contribution in [0.15, 0.2) is 72.8 Å². The third-order valence-corrected chi connectivity index (χ3v) is 8.67. The van der Waals surface area contributed by atoms with E-state index >= 15 is 0 Å². The molecule has 2 amide bonds. The molecule has 7 nitrogen and oxygen atoms in total. The highest BCUT2D eigenvalue weighted by molar-refractivity contribution is 7.92. The highest BCUT2D eigenvalue weighted by atomic mass is 32.2. The van der Waals surface area contributed by atoms with Gasteiger partial charge >= 0.3 is 0 Å². The molecule has 0 spiro atoms. The molecule has 0 aliphatic rings. The minimum atomic E-state index is -3.57. The van der Waals surface area contributed by atoms with Crippen LogP contribution in [0.4, 0.5) is 5.69 Å². The van der Waals surface area contributed by atoms with E-state index in [9.17, 15) is 18.0 Å². The fourth-order valence-corrected chi connectivity index (χ4v) is 6.02. The van der Waals surface area contributed by atoms with E-state index in [2.05, 4.69) is 12.2 Å². The zero-order chi connectivity index (χ0) is 30.7. The van der Waals surface area contributed by atoms with Crippen molar-refractivity contribution in [3.8, 4) is 0 Å². The summed E-state index contributed by atoms with van der Waals surface area (Å²) in [5, 5.41) is 3.05. The molecule has 8 heteroatoms. The molecule has 226 valence electrons. The molecule has 0 radical (unpaired) electrons. The van der Waals surface area contributed by atoms with Crippen LogP contribution in [0, 0.1) is 20.8 Å². The van der Waals surface area contributed by atoms with Crippen molar-refractivity contribution in [3.05, 3.63) is 101 Å². The quantitative estimate of drug-likeness (QED) is 0.229. The van der Waals surface area contributed by atoms with Gasteiger partial charge in [0.1, 0.15) is 6.04 Å². The van der Waals surface area contributed by atoms with Gasteiger partial charge in [0, 0.05) is 32.5 Å². The van der Waals surface area contributed by atoms with Crippen molar-refractivity contribution < 1.29 is 18.0 Å². The van der Waals surface area contributed by atoms with E-state index < -0.39 is 16.1 Å². The van der Waals surface area contributed by atoms with Crippen LogP contribution in [-0.4, -0.2) is 50.5 Å². The number of anilines is 1. The fraction of sp³-hybridized carbons (Fsp3) is 0.412. The van der Waals surface area contributed by atoms with Crippen molar-refractivity contribution in [2.45, 2.75) is 72.4 Å². The molecule has 3 rings (SSSR count). The molecule has 0 saturated heterocycles. The Morgan fingerprint density at radius 1 is 0.881 bits per heavy atom. The van der Waals surface area contributed by atoms with Crippen molar-refractivity contribution in [1.82, 2.24) is 10.2 Å². The van der Waals surface area contributed by atoms with Crippen LogP contribution in [0.25, 0.3) is 0 Å². The SMILES string of the molecule is CCCCNC(=O)C(Cc1ccccc1)N(Cc1ccccc1C)C(=O)CCCN(c1cc(C)ccc1C)S(C)(=O)=O. The summed E-state index contributed by atoms with van der Waals surface area (Å²) in [5.41, 5.74) is 5.41. The Bertz CT molecular complexity index is 1440. The molecule has 0 bridgehead atoms. The maximum atomic E-state index is 14.0. The van der Waals surface area contributed by atoms with Crippen LogP contribution >= 0.6 is 0 Å². The maximum Gasteiger partial charge on any atom is 0.243 e. The number of carbonyl (C=O) groups is 2. The number of benzene rings is 3. The number of rotatable bonds is 15. The zero-order valence-corrected chi connectivity index (χ0v) is 26.4. The molecular formula is C34H45N3O4S. The molecule has 1 atom stereocenters. The number of hydrogen-bond donors (Lipinski definition) is 1. The molecule has 0 heterocycles. The standard InChI is InChI=1S/C34H45N3O4S/c1-6-7-21-35-34(39)32(24-29-15-9-8-10-16-29)36(25-30-17-12-11-14-27(30)3)33(38)18-13-22-37(42(5,40)41)31-23-26(2)19-20-28(31)4/h8-12,14-17,19-20,23,32H,6-7,13,18,21-22,24-25H2,1-5H3,(H,35,39). The van der Waals surface area contributed by atoms with Crippen molar-refractivity contribution in [2.75, 3.05) is 23.7 Å². The number of carbonyl (C=O) groups excluding carboxylic acids is 2. The summed E-state index contributed by atoms with van der Waals surface area (Å²) >= 11 is 0. The minimum absolute atomic E-state index is 0.107. The molecule has 3 aromatic rings. The summed E-state index contributed by atoms with van der Waals surface area (Å²) < 4.78 is 27.0. The van der Waals surface area contributed by atoms with Crippen LogP contribution < -0.4 is 9.62 Å². The third-order valence-electron chi connectivity index (χ3n) is 7.49. The van der Waals surface area contributed by atoms with Gasteiger partial charge in [-0.15, -0.1) is 0 Å². The van der Waals surface area contributed by atoms with Crippen molar-refractivity contribution >= 4 is 27.5 Å². The van der Waals surface area contributed by atoms with Crippen LogP contribution in [0.2, 0.25) is 0 Å². The monoisotopic (exact) mass is 591 g/mol. The highest BCUT2D eigenvalue weighted by Crippen LogP contribution is 2.25. The predicted octanol–water partition coefficient (Wildman–Crippen LogP) is 5.71. The predicted molar refractivity (Wildman–Crippen MR) is 171 cm³/mol. The Morgan fingerprint density at radius 3 is 2.24 bits per heavy atom. The normalized spacial score (nSPS) is 12.0.